The first-order chi connectivity index (χ1) is 5.79. The van der Waals surface area contributed by atoms with Crippen LogP contribution >= 0.6 is 0 Å². The smallest absolute Gasteiger partial charge is 0.137 e. The van der Waals surface area contributed by atoms with E-state index < -0.39 is 0 Å². The monoisotopic (exact) mass is 168 g/mol. The summed E-state index contributed by atoms with van der Waals surface area (Å²) >= 11 is 0. The molecule has 4 nitrogen and oxygen atoms in total. The van der Waals surface area contributed by atoms with Gasteiger partial charge in [-0.2, -0.15) is 5.10 Å². The molecule has 1 rings (SSSR count). The fourth-order valence-electron chi connectivity index (χ4n) is 1.09. The van der Waals surface area contributed by atoms with E-state index in [4.69, 9.17) is 5.73 Å². The molecule has 2 N–H and O–H groups in total. The first-order valence-corrected chi connectivity index (χ1v) is 4.37. The maximum absolute atomic E-state index is 5.62. The Morgan fingerprint density at radius 1 is 1.50 bits per heavy atom. The van der Waals surface area contributed by atoms with Crippen LogP contribution in [0.4, 0.5) is 0 Å². The fraction of sp³-hybridized carbons (Fsp3) is 0.750. The highest BCUT2D eigenvalue weighted by Crippen LogP contribution is 1.99. The number of hydrogen-bond acceptors (Lipinski definition) is 3. The normalized spacial score (nSPS) is 13.2. The number of rotatable bonds is 5. The van der Waals surface area contributed by atoms with Crippen molar-refractivity contribution in [3.8, 4) is 0 Å². The van der Waals surface area contributed by atoms with Crippen LogP contribution in [0.2, 0.25) is 0 Å². The molecule has 12 heavy (non-hydrogen) atoms. The second kappa shape index (κ2) is 4.87. The first-order valence-electron chi connectivity index (χ1n) is 4.37. The van der Waals surface area contributed by atoms with Gasteiger partial charge in [0.15, 0.2) is 0 Å². The zero-order valence-corrected chi connectivity index (χ0v) is 7.48. The summed E-state index contributed by atoms with van der Waals surface area (Å²) in [6.45, 7) is 2.99. The summed E-state index contributed by atoms with van der Waals surface area (Å²) in [5.74, 6) is 0. The molecule has 1 unspecified atom stereocenters. The topological polar surface area (TPSA) is 56.7 Å². The van der Waals surface area contributed by atoms with E-state index in [0.717, 1.165) is 25.8 Å². The lowest BCUT2D eigenvalue weighted by Crippen LogP contribution is -2.14. The minimum absolute atomic E-state index is 0.320. The Balaban J connectivity index is 2.04. The van der Waals surface area contributed by atoms with Gasteiger partial charge >= 0.3 is 0 Å². The summed E-state index contributed by atoms with van der Waals surface area (Å²) in [6, 6.07) is 0.320. The van der Waals surface area contributed by atoms with Gasteiger partial charge in [0.25, 0.3) is 0 Å². The Labute approximate surface area is 72.8 Å². The summed E-state index contributed by atoms with van der Waals surface area (Å²) in [7, 11) is 0. The van der Waals surface area contributed by atoms with Crippen LogP contribution in [0, 0.1) is 0 Å². The molecule has 1 heterocycles. The third-order valence-corrected chi connectivity index (χ3v) is 1.76. The van der Waals surface area contributed by atoms with E-state index in [1.807, 2.05) is 11.6 Å². The highest BCUT2D eigenvalue weighted by atomic mass is 15.3. The van der Waals surface area contributed by atoms with Gasteiger partial charge in [0, 0.05) is 12.6 Å². The molecule has 0 spiro atoms. The number of hydrogen-bond donors (Lipinski definition) is 1. The van der Waals surface area contributed by atoms with E-state index in [0.29, 0.717) is 6.04 Å². The van der Waals surface area contributed by atoms with Gasteiger partial charge in [-0.1, -0.05) is 6.42 Å². The molecule has 0 amide bonds. The Kier molecular flexibility index (Phi) is 3.73. The first kappa shape index (κ1) is 9.19. The maximum atomic E-state index is 5.62. The van der Waals surface area contributed by atoms with Gasteiger partial charge in [0.2, 0.25) is 0 Å². The van der Waals surface area contributed by atoms with Gasteiger partial charge in [-0.15, -0.1) is 0 Å². The van der Waals surface area contributed by atoms with Crippen molar-refractivity contribution in [3.05, 3.63) is 12.7 Å². The molecule has 0 fully saturated rings. The molecule has 4 heteroatoms. The molecular formula is C8H16N4. The van der Waals surface area contributed by atoms with Crippen molar-refractivity contribution in [2.75, 3.05) is 0 Å². The maximum Gasteiger partial charge on any atom is 0.137 e. The molecule has 0 radical (unpaired) electrons. The third-order valence-electron chi connectivity index (χ3n) is 1.76. The van der Waals surface area contributed by atoms with Crippen LogP contribution in [-0.2, 0) is 6.54 Å². The van der Waals surface area contributed by atoms with Crippen molar-refractivity contribution in [2.24, 2.45) is 5.73 Å². The summed E-state index contributed by atoms with van der Waals surface area (Å²) in [6.07, 6.45) is 6.69. The Morgan fingerprint density at radius 2 is 2.33 bits per heavy atom. The number of nitrogens with zero attached hydrogens (tertiary/aromatic N) is 3. The van der Waals surface area contributed by atoms with Crippen LogP contribution in [0.3, 0.4) is 0 Å². The van der Waals surface area contributed by atoms with Crippen molar-refractivity contribution in [1.29, 1.82) is 0 Å². The van der Waals surface area contributed by atoms with Crippen LogP contribution in [0.25, 0.3) is 0 Å². The van der Waals surface area contributed by atoms with Crippen LogP contribution in [0.1, 0.15) is 26.2 Å². The lowest BCUT2D eigenvalue weighted by molar-refractivity contribution is 0.520. The van der Waals surface area contributed by atoms with Crippen molar-refractivity contribution in [1.82, 2.24) is 14.8 Å². The van der Waals surface area contributed by atoms with Crippen molar-refractivity contribution < 1.29 is 0 Å². The van der Waals surface area contributed by atoms with Gasteiger partial charge in [0.1, 0.15) is 12.7 Å². The minimum Gasteiger partial charge on any atom is -0.328 e. The lowest BCUT2D eigenvalue weighted by atomic mass is 10.1. The van der Waals surface area contributed by atoms with Crippen molar-refractivity contribution in [3.63, 3.8) is 0 Å². The van der Waals surface area contributed by atoms with Gasteiger partial charge in [-0.05, 0) is 19.8 Å². The molecule has 1 aromatic rings. The van der Waals surface area contributed by atoms with E-state index >= 15 is 0 Å². The predicted octanol–water partition coefficient (Wildman–Crippen LogP) is 0.796. The average molecular weight is 168 g/mol. The number of aromatic nitrogens is 3. The van der Waals surface area contributed by atoms with E-state index in [2.05, 4.69) is 10.1 Å². The summed E-state index contributed by atoms with van der Waals surface area (Å²) in [5, 5.41) is 4.01. The molecule has 0 aliphatic carbocycles. The standard InChI is InChI=1S/C8H16N4/c1-8(9)4-2-3-5-12-7-10-6-11-12/h6-8H,2-5,9H2,1H3. The SMILES string of the molecule is CC(N)CCCCn1cncn1. The van der Waals surface area contributed by atoms with E-state index in [1.54, 1.807) is 12.7 Å². The quantitative estimate of drug-likeness (QED) is 0.661. The van der Waals surface area contributed by atoms with Crippen LogP contribution in [0.15, 0.2) is 12.7 Å². The molecule has 0 aliphatic heterocycles. The van der Waals surface area contributed by atoms with Crippen LogP contribution in [-0.4, -0.2) is 20.8 Å². The Morgan fingerprint density at radius 3 is 2.92 bits per heavy atom. The summed E-state index contributed by atoms with van der Waals surface area (Å²) in [5.41, 5.74) is 5.62. The molecule has 0 saturated heterocycles. The Bertz CT molecular complexity index is 193. The number of nitrogens with two attached hydrogens (primary N) is 1. The number of aryl methyl sites for hydroxylation is 1. The fourth-order valence-corrected chi connectivity index (χ4v) is 1.09. The van der Waals surface area contributed by atoms with Gasteiger partial charge < -0.3 is 5.73 Å². The highest BCUT2D eigenvalue weighted by molar-refractivity contribution is 4.57. The zero-order chi connectivity index (χ0) is 8.81. The molecule has 0 saturated carbocycles. The average Bonchev–Trinajstić information content (AvgIpc) is 2.49. The lowest BCUT2D eigenvalue weighted by Gasteiger charge is -2.03. The molecule has 0 aliphatic rings. The van der Waals surface area contributed by atoms with Gasteiger partial charge in [-0.3, -0.25) is 4.68 Å². The molecule has 68 valence electrons. The molecule has 1 aromatic heterocycles. The van der Waals surface area contributed by atoms with Crippen LogP contribution < -0.4 is 5.73 Å². The van der Waals surface area contributed by atoms with E-state index in [1.165, 1.54) is 0 Å². The highest BCUT2D eigenvalue weighted by Gasteiger charge is 1.95. The van der Waals surface area contributed by atoms with Crippen LogP contribution in [0.5, 0.6) is 0 Å². The third kappa shape index (κ3) is 3.48. The van der Waals surface area contributed by atoms with Gasteiger partial charge in [0.05, 0.1) is 0 Å². The van der Waals surface area contributed by atoms with Crippen molar-refractivity contribution >= 4 is 0 Å². The number of unbranched alkanes of at least 4 members (excludes halogenated alkanes) is 1. The molecular weight excluding hydrogens is 152 g/mol. The molecule has 0 aromatic carbocycles. The molecule has 0 bridgehead atoms. The second-order valence-electron chi connectivity index (χ2n) is 3.13. The Hall–Kier alpha value is -0.900. The van der Waals surface area contributed by atoms with Gasteiger partial charge in [-0.25, -0.2) is 4.98 Å². The summed E-state index contributed by atoms with van der Waals surface area (Å²) < 4.78 is 1.85. The predicted molar refractivity (Wildman–Crippen MR) is 47.5 cm³/mol. The second-order valence-corrected chi connectivity index (χ2v) is 3.13. The zero-order valence-electron chi connectivity index (χ0n) is 7.48. The van der Waals surface area contributed by atoms with E-state index in [-0.39, 0.29) is 0 Å². The minimum atomic E-state index is 0.320. The van der Waals surface area contributed by atoms with E-state index in [9.17, 15) is 0 Å². The largest absolute Gasteiger partial charge is 0.328 e. The summed E-state index contributed by atoms with van der Waals surface area (Å²) in [4.78, 5) is 3.86. The molecule has 1 atom stereocenters. The van der Waals surface area contributed by atoms with Crippen molar-refractivity contribution in [2.45, 2.75) is 38.8 Å².